The normalized spacial score (nSPS) is 19.7. The molecule has 4 nitrogen and oxygen atoms in total. The number of amides is 1. The van der Waals surface area contributed by atoms with Crippen LogP contribution >= 0.6 is 11.6 Å². The summed E-state index contributed by atoms with van der Waals surface area (Å²) in [6, 6.07) is 6.27. The van der Waals surface area contributed by atoms with E-state index in [1.54, 1.807) is 31.2 Å². The molecule has 23 heavy (non-hydrogen) atoms. The van der Waals surface area contributed by atoms with Crippen LogP contribution in [0.4, 0.5) is 13.2 Å². The van der Waals surface area contributed by atoms with E-state index in [0.717, 1.165) is 0 Å². The summed E-state index contributed by atoms with van der Waals surface area (Å²) < 4.78 is 42.7. The average molecular weight is 351 g/mol. The van der Waals surface area contributed by atoms with Gasteiger partial charge in [-0.15, -0.1) is 0 Å². The van der Waals surface area contributed by atoms with Crippen molar-refractivity contribution in [1.29, 1.82) is 0 Å². The van der Waals surface area contributed by atoms with E-state index in [-0.39, 0.29) is 38.2 Å². The molecule has 0 spiro atoms. The van der Waals surface area contributed by atoms with Crippen LogP contribution in [0.2, 0.25) is 5.02 Å². The van der Waals surface area contributed by atoms with Gasteiger partial charge in [-0.1, -0.05) is 11.6 Å². The number of ether oxygens (including phenoxy) is 1. The monoisotopic (exact) mass is 350 g/mol. The smallest absolute Gasteiger partial charge is 0.401 e. The first-order valence-electron chi connectivity index (χ1n) is 7.21. The van der Waals surface area contributed by atoms with Gasteiger partial charge in [-0.05, 0) is 31.2 Å². The summed E-state index contributed by atoms with van der Waals surface area (Å²) in [7, 11) is 0. The van der Waals surface area contributed by atoms with Crippen LogP contribution in [0, 0.1) is 0 Å². The second-order valence-corrected chi connectivity index (χ2v) is 5.95. The first-order valence-corrected chi connectivity index (χ1v) is 7.59. The van der Waals surface area contributed by atoms with Crippen LogP contribution in [0.15, 0.2) is 24.3 Å². The summed E-state index contributed by atoms with van der Waals surface area (Å²) in [6.07, 6.45) is -4.22. The predicted octanol–water partition coefficient (Wildman–Crippen LogP) is 2.81. The second kappa shape index (κ2) is 7.40. The van der Waals surface area contributed by atoms with Crippen LogP contribution in [0.1, 0.15) is 6.92 Å². The number of carbonyl (C=O) groups excluding carboxylic acids is 1. The molecule has 1 aromatic carbocycles. The predicted molar refractivity (Wildman–Crippen MR) is 80.6 cm³/mol. The Morgan fingerprint density at radius 2 is 1.96 bits per heavy atom. The van der Waals surface area contributed by atoms with E-state index in [1.807, 2.05) is 0 Å². The molecule has 8 heteroatoms. The summed E-state index contributed by atoms with van der Waals surface area (Å²) in [5.41, 5.74) is 0. The third-order valence-corrected chi connectivity index (χ3v) is 3.93. The van der Waals surface area contributed by atoms with Gasteiger partial charge in [0, 0.05) is 30.7 Å². The summed E-state index contributed by atoms with van der Waals surface area (Å²) in [5, 5.41) is 0.568. The van der Waals surface area contributed by atoms with Crippen molar-refractivity contribution in [2.75, 3.05) is 32.8 Å². The average Bonchev–Trinajstić information content (AvgIpc) is 2.47. The highest BCUT2D eigenvalue weighted by Gasteiger charge is 2.35. The minimum atomic E-state index is -4.22. The maximum Gasteiger partial charge on any atom is 0.401 e. The van der Waals surface area contributed by atoms with E-state index in [4.69, 9.17) is 16.3 Å². The zero-order valence-electron chi connectivity index (χ0n) is 12.6. The molecule has 1 aliphatic rings. The van der Waals surface area contributed by atoms with Crippen molar-refractivity contribution in [1.82, 2.24) is 9.80 Å². The van der Waals surface area contributed by atoms with Crippen molar-refractivity contribution in [3.8, 4) is 5.75 Å². The van der Waals surface area contributed by atoms with Gasteiger partial charge in [0.15, 0.2) is 6.61 Å². The fraction of sp³-hybridized carbons (Fsp3) is 0.533. The molecule has 0 saturated carbocycles. The van der Waals surface area contributed by atoms with Gasteiger partial charge in [-0.2, -0.15) is 13.2 Å². The fourth-order valence-electron chi connectivity index (χ4n) is 2.45. The lowest BCUT2D eigenvalue weighted by molar-refractivity contribution is -0.158. The molecule has 1 heterocycles. The third kappa shape index (κ3) is 5.58. The lowest BCUT2D eigenvalue weighted by atomic mass is 10.2. The quantitative estimate of drug-likeness (QED) is 0.837. The Balaban J connectivity index is 1.81. The van der Waals surface area contributed by atoms with Crippen molar-refractivity contribution in [2.45, 2.75) is 19.1 Å². The van der Waals surface area contributed by atoms with Gasteiger partial charge >= 0.3 is 6.18 Å². The molecule has 1 atom stereocenters. The van der Waals surface area contributed by atoms with Crippen molar-refractivity contribution < 1.29 is 22.7 Å². The first kappa shape index (κ1) is 17.9. The second-order valence-electron chi connectivity index (χ2n) is 5.52. The zero-order chi connectivity index (χ0) is 17.0. The van der Waals surface area contributed by atoms with E-state index >= 15 is 0 Å². The largest absolute Gasteiger partial charge is 0.484 e. The Bertz CT molecular complexity index is 537. The summed E-state index contributed by atoms with van der Waals surface area (Å²) in [6.45, 7) is 1.33. The van der Waals surface area contributed by atoms with Gasteiger partial charge in [0.25, 0.3) is 5.91 Å². The first-order chi connectivity index (χ1) is 10.7. The van der Waals surface area contributed by atoms with Crippen LogP contribution < -0.4 is 4.74 Å². The third-order valence-electron chi connectivity index (χ3n) is 3.68. The van der Waals surface area contributed by atoms with Crippen molar-refractivity contribution in [3.05, 3.63) is 29.3 Å². The maximum absolute atomic E-state index is 12.5. The molecule has 0 radical (unpaired) electrons. The van der Waals surface area contributed by atoms with Gasteiger partial charge in [-0.3, -0.25) is 9.69 Å². The summed E-state index contributed by atoms with van der Waals surface area (Å²) in [4.78, 5) is 15.0. The van der Waals surface area contributed by atoms with E-state index in [0.29, 0.717) is 10.8 Å². The minimum absolute atomic E-state index is 0.145. The molecule has 128 valence electrons. The number of benzene rings is 1. The van der Waals surface area contributed by atoms with E-state index in [1.165, 1.54) is 9.80 Å². The van der Waals surface area contributed by atoms with Gasteiger partial charge in [-0.25, -0.2) is 0 Å². The molecule has 0 unspecified atom stereocenters. The molecule has 1 aliphatic heterocycles. The van der Waals surface area contributed by atoms with E-state index in [9.17, 15) is 18.0 Å². The highest BCUT2D eigenvalue weighted by Crippen LogP contribution is 2.20. The molecule has 1 aromatic rings. The van der Waals surface area contributed by atoms with Gasteiger partial charge in [0.2, 0.25) is 0 Å². The topological polar surface area (TPSA) is 32.8 Å². The van der Waals surface area contributed by atoms with Crippen molar-refractivity contribution in [2.24, 2.45) is 0 Å². The van der Waals surface area contributed by atoms with Crippen LogP contribution in [-0.2, 0) is 4.79 Å². The zero-order valence-corrected chi connectivity index (χ0v) is 13.4. The molecule has 1 saturated heterocycles. The highest BCUT2D eigenvalue weighted by atomic mass is 35.5. The molecular weight excluding hydrogens is 333 g/mol. The maximum atomic E-state index is 12.5. The number of piperazine rings is 1. The minimum Gasteiger partial charge on any atom is -0.484 e. The van der Waals surface area contributed by atoms with Gasteiger partial charge in [0.1, 0.15) is 5.75 Å². The van der Waals surface area contributed by atoms with Crippen molar-refractivity contribution >= 4 is 17.5 Å². The Hall–Kier alpha value is -1.47. The molecule has 0 aliphatic carbocycles. The lowest BCUT2D eigenvalue weighted by Crippen LogP contribution is -2.56. The SMILES string of the molecule is C[C@@H]1CN(C(=O)COc2ccc(Cl)cc2)CCN1CC(F)(F)F. The number of alkyl halides is 3. The van der Waals surface area contributed by atoms with Crippen LogP contribution in [0.25, 0.3) is 0 Å². The van der Waals surface area contributed by atoms with Crippen molar-refractivity contribution in [3.63, 3.8) is 0 Å². The molecule has 1 fully saturated rings. The summed E-state index contributed by atoms with van der Waals surface area (Å²) in [5.74, 6) is 0.282. The Labute approximate surface area is 137 Å². The molecule has 1 amide bonds. The van der Waals surface area contributed by atoms with E-state index < -0.39 is 12.7 Å². The number of halogens is 4. The standard InChI is InChI=1S/C15H18ClF3N2O2/c1-11-8-20(6-7-21(11)10-15(17,18)19)14(22)9-23-13-4-2-12(16)3-5-13/h2-5,11H,6-10H2,1H3/t11-/m1/s1. The number of hydrogen-bond donors (Lipinski definition) is 0. The number of rotatable bonds is 4. The Kier molecular flexibility index (Phi) is 5.75. The van der Waals surface area contributed by atoms with Crippen LogP contribution in [0.3, 0.4) is 0 Å². The molecule has 0 bridgehead atoms. The van der Waals surface area contributed by atoms with Crippen LogP contribution in [0.5, 0.6) is 5.75 Å². The van der Waals surface area contributed by atoms with Gasteiger partial charge < -0.3 is 9.64 Å². The number of hydrogen-bond acceptors (Lipinski definition) is 3. The Morgan fingerprint density at radius 1 is 1.30 bits per heavy atom. The molecule has 0 N–H and O–H groups in total. The van der Waals surface area contributed by atoms with Gasteiger partial charge in [0.05, 0.1) is 6.54 Å². The fourth-order valence-corrected chi connectivity index (χ4v) is 2.58. The number of nitrogens with zero attached hydrogens (tertiary/aromatic N) is 2. The molecule has 0 aromatic heterocycles. The van der Waals surface area contributed by atoms with E-state index in [2.05, 4.69) is 0 Å². The molecule has 2 rings (SSSR count). The highest BCUT2D eigenvalue weighted by molar-refractivity contribution is 6.30. The van der Waals surface area contributed by atoms with Crippen LogP contribution in [-0.4, -0.2) is 60.7 Å². The number of carbonyl (C=O) groups is 1. The summed E-state index contributed by atoms with van der Waals surface area (Å²) >= 11 is 5.76. The lowest BCUT2D eigenvalue weighted by Gasteiger charge is -2.40. The molecular formula is C15H18ClF3N2O2. The Morgan fingerprint density at radius 3 is 2.52 bits per heavy atom.